The molecule has 0 spiro atoms. The number of sulfonamides is 1. The smallest absolute Gasteiger partial charge is 0.242 e. The van der Waals surface area contributed by atoms with E-state index < -0.39 is 15.8 Å². The summed E-state index contributed by atoms with van der Waals surface area (Å²) in [6.07, 6.45) is 0. The lowest BCUT2D eigenvalue weighted by Gasteiger charge is -2.25. The van der Waals surface area contributed by atoms with Crippen LogP contribution in [0.3, 0.4) is 0 Å². The molecule has 0 aromatic heterocycles. The van der Waals surface area contributed by atoms with Crippen LogP contribution in [0.15, 0.2) is 47.4 Å². The molecule has 136 valence electrons. The average molecular weight is 387 g/mol. The second-order valence-electron chi connectivity index (χ2n) is 5.68. The van der Waals surface area contributed by atoms with Gasteiger partial charge in [0.1, 0.15) is 16.5 Å². The monoisotopic (exact) mass is 386 g/mol. The summed E-state index contributed by atoms with van der Waals surface area (Å²) in [5, 5.41) is -0.157. The van der Waals surface area contributed by atoms with Gasteiger partial charge in [0.2, 0.25) is 10.0 Å². The van der Waals surface area contributed by atoms with E-state index in [9.17, 15) is 12.8 Å². The molecule has 0 bridgehead atoms. The van der Waals surface area contributed by atoms with Crippen molar-refractivity contribution in [1.82, 2.24) is 9.62 Å². The number of benzene rings is 2. The SMILES string of the molecule is COc1cccc([C@@H](CNS(=O)(=O)c2ccc(F)cc2Cl)N(C)C)c1. The van der Waals surface area contributed by atoms with Crippen molar-refractivity contribution >= 4 is 21.6 Å². The van der Waals surface area contributed by atoms with Crippen LogP contribution in [0.2, 0.25) is 5.02 Å². The van der Waals surface area contributed by atoms with Gasteiger partial charge in [0.15, 0.2) is 0 Å². The molecule has 1 N–H and O–H groups in total. The number of rotatable bonds is 7. The highest BCUT2D eigenvalue weighted by atomic mass is 35.5. The maximum atomic E-state index is 13.1. The van der Waals surface area contributed by atoms with Gasteiger partial charge in [-0.1, -0.05) is 23.7 Å². The van der Waals surface area contributed by atoms with E-state index in [1.165, 1.54) is 0 Å². The zero-order valence-corrected chi connectivity index (χ0v) is 15.7. The molecule has 0 aliphatic carbocycles. The Morgan fingerprint density at radius 2 is 1.96 bits per heavy atom. The van der Waals surface area contributed by atoms with Crippen LogP contribution in [0.25, 0.3) is 0 Å². The molecule has 1 atom stereocenters. The first-order valence-electron chi connectivity index (χ1n) is 7.49. The van der Waals surface area contributed by atoms with Crippen LogP contribution >= 0.6 is 11.6 Å². The highest BCUT2D eigenvalue weighted by Gasteiger charge is 2.22. The molecule has 2 aromatic carbocycles. The van der Waals surface area contributed by atoms with Crippen LogP contribution in [0.4, 0.5) is 4.39 Å². The van der Waals surface area contributed by atoms with Crippen molar-refractivity contribution in [1.29, 1.82) is 0 Å². The molecule has 0 radical (unpaired) electrons. The van der Waals surface area contributed by atoms with Crippen molar-refractivity contribution in [3.63, 3.8) is 0 Å². The fourth-order valence-electron chi connectivity index (χ4n) is 2.41. The molecule has 0 aliphatic rings. The molecule has 0 aliphatic heterocycles. The van der Waals surface area contributed by atoms with Crippen molar-refractivity contribution in [2.75, 3.05) is 27.7 Å². The lowest BCUT2D eigenvalue weighted by molar-refractivity contribution is 0.298. The summed E-state index contributed by atoms with van der Waals surface area (Å²) in [7, 11) is 1.41. The van der Waals surface area contributed by atoms with E-state index in [4.69, 9.17) is 16.3 Å². The molecule has 25 heavy (non-hydrogen) atoms. The van der Waals surface area contributed by atoms with E-state index in [0.29, 0.717) is 5.75 Å². The van der Waals surface area contributed by atoms with Crippen molar-refractivity contribution < 1.29 is 17.5 Å². The summed E-state index contributed by atoms with van der Waals surface area (Å²) in [6.45, 7) is 0.121. The van der Waals surface area contributed by atoms with Crippen LogP contribution < -0.4 is 9.46 Å². The number of halogens is 2. The Kier molecular flexibility index (Phi) is 6.40. The summed E-state index contributed by atoms with van der Waals surface area (Å²) in [5.74, 6) is 0.0975. The molecule has 0 fully saturated rings. The number of nitrogens with one attached hydrogen (secondary N) is 1. The van der Waals surface area contributed by atoms with Crippen molar-refractivity contribution in [3.8, 4) is 5.75 Å². The van der Waals surface area contributed by atoms with E-state index in [0.717, 1.165) is 23.8 Å². The molecular formula is C17H20ClFN2O3S. The van der Waals surface area contributed by atoms with Crippen LogP contribution in [-0.2, 0) is 10.0 Å². The molecule has 0 saturated heterocycles. The van der Waals surface area contributed by atoms with E-state index in [-0.39, 0.29) is 22.5 Å². The Morgan fingerprint density at radius 3 is 2.56 bits per heavy atom. The fourth-order valence-corrected chi connectivity index (χ4v) is 3.97. The van der Waals surface area contributed by atoms with Gasteiger partial charge in [-0.25, -0.2) is 17.5 Å². The Morgan fingerprint density at radius 1 is 1.24 bits per heavy atom. The molecule has 0 saturated carbocycles. The molecular weight excluding hydrogens is 367 g/mol. The molecule has 2 rings (SSSR count). The number of likely N-dealkylation sites (N-methyl/N-ethyl adjacent to an activating group) is 1. The van der Waals surface area contributed by atoms with Gasteiger partial charge in [0.25, 0.3) is 0 Å². The van der Waals surface area contributed by atoms with E-state index in [1.807, 2.05) is 43.3 Å². The van der Waals surface area contributed by atoms with Crippen molar-refractivity contribution in [2.24, 2.45) is 0 Å². The van der Waals surface area contributed by atoms with Gasteiger partial charge in [-0.2, -0.15) is 0 Å². The number of hydrogen-bond acceptors (Lipinski definition) is 4. The normalized spacial score (nSPS) is 13.0. The van der Waals surface area contributed by atoms with Crippen LogP contribution in [0.1, 0.15) is 11.6 Å². The highest BCUT2D eigenvalue weighted by molar-refractivity contribution is 7.89. The van der Waals surface area contributed by atoms with Crippen molar-refractivity contribution in [3.05, 3.63) is 58.9 Å². The standard InChI is InChI=1S/C17H20ClFN2O3S/c1-21(2)16(12-5-4-6-14(9-12)24-3)11-20-25(22,23)17-8-7-13(19)10-15(17)18/h4-10,16,20H,11H2,1-3H3/t16-/m1/s1. The first kappa shape index (κ1) is 19.7. The van der Waals surface area contributed by atoms with E-state index in [1.54, 1.807) is 7.11 Å². The number of hydrogen-bond donors (Lipinski definition) is 1. The summed E-state index contributed by atoms with van der Waals surface area (Å²) >= 11 is 5.86. The second-order valence-corrected chi connectivity index (χ2v) is 7.83. The summed E-state index contributed by atoms with van der Waals surface area (Å²) in [4.78, 5) is 1.74. The molecule has 8 heteroatoms. The lowest BCUT2D eigenvalue weighted by atomic mass is 10.1. The van der Waals surface area contributed by atoms with Gasteiger partial charge in [0.05, 0.1) is 12.1 Å². The lowest BCUT2D eigenvalue weighted by Crippen LogP contribution is -2.34. The minimum atomic E-state index is -3.87. The van der Waals surface area contributed by atoms with Gasteiger partial charge in [-0.3, -0.25) is 0 Å². The van der Waals surface area contributed by atoms with Gasteiger partial charge in [-0.15, -0.1) is 0 Å². The second kappa shape index (κ2) is 8.14. The van der Waals surface area contributed by atoms with Crippen LogP contribution in [0.5, 0.6) is 5.75 Å². The molecule has 0 unspecified atom stereocenters. The fraction of sp³-hybridized carbons (Fsp3) is 0.294. The largest absolute Gasteiger partial charge is 0.497 e. The maximum absolute atomic E-state index is 13.1. The topological polar surface area (TPSA) is 58.6 Å². The summed E-state index contributed by atoms with van der Waals surface area (Å²) in [6, 6.07) is 10.4. The summed E-state index contributed by atoms with van der Waals surface area (Å²) < 4.78 is 45.9. The number of nitrogens with zero attached hydrogens (tertiary/aromatic N) is 1. The first-order chi connectivity index (χ1) is 11.7. The third-order valence-corrected chi connectivity index (χ3v) is 5.66. The van der Waals surface area contributed by atoms with Gasteiger partial charge >= 0.3 is 0 Å². The predicted octanol–water partition coefficient (Wildman–Crippen LogP) is 3.07. The van der Waals surface area contributed by atoms with E-state index in [2.05, 4.69) is 4.72 Å². The van der Waals surface area contributed by atoms with Crippen molar-refractivity contribution in [2.45, 2.75) is 10.9 Å². The zero-order chi connectivity index (χ0) is 18.6. The molecule has 2 aromatic rings. The van der Waals surface area contributed by atoms with Crippen LogP contribution in [0, 0.1) is 5.82 Å². The Hall–Kier alpha value is -1.67. The summed E-state index contributed by atoms with van der Waals surface area (Å²) in [5.41, 5.74) is 0.900. The third kappa shape index (κ3) is 4.92. The van der Waals surface area contributed by atoms with Gasteiger partial charge in [0, 0.05) is 12.6 Å². The van der Waals surface area contributed by atoms with Gasteiger partial charge in [-0.05, 0) is 50.0 Å². The van der Waals surface area contributed by atoms with Gasteiger partial charge < -0.3 is 9.64 Å². The number of methoxy groups -OCH3 is 1. The maximum Gasteiger partial charge on any atom is 0.242 e. The third-order valence-electron chi connectivity index (χ3n) is 3.75. The molecule has 0 heterocycles. The minimum Gasteiger partial charge on any atom is -0.497 e. The molecule has 0 amide bonds. The first-order valence-corrected chi connectivity index (χ1v) is 9.36. The highest BCUT2D eigenvalue weighted by Crippen LogP contribution is 2.25. The minimum absolute atomic E-state index is 0.121. The average Bonchev–Trinajstić information content (AvgIpc) is 2.54. The Balaban J connectivity index is 2.23. The van der Waals surface area contributed by atoms with E-state index >= 15 is 0 Å². The number of ether oxygens (including phenoxy) is 1. The molecule has 5 nitrogen and oxygen atoms in total. The quantitative estimate of drug-likeness (QED) is 0.794. The van der Waals surface area contributed by atoms with Crippen LogP contribution in [-0.4, -0.2) is 41.1 Å². The zero-order valence-electron chi connectivity index (χ0n) is 14.2. The predicted molar refractivity (Wildman–Crippen MR) is 96.0 cm³/mol. The Labute approximate surface area is 152 Å². The Bertz CT molecular complexity index is 844.